The lowest BCUT2D eigenvalue weighted by Gasteiger charge is -2.22. The maximum Gasteiger partial charge on any atom is 0.305 e. The molecule has 0 heterocycles. The standard InChI is InChI=1S/C77H151NO5/c1-3-5-7-9-11-13-15-17-19-21-22-23-32-35-38-41-45-49-53-57-61-65-69-75(80)74(73-79)78-76(81)70-66-62-58-54-50-46-42-39-36-33-30-28-26-24-25-27-29-31-34-37-40-44-48-52-56-60-64-68-72-83-77(82)71-67-63-59-55-51-47-43-20-18-16-14-12-10-8-6-4-2/h20,43,74-75,79-80H,3-19,21-42,44-73H2,1-2H3,(H,78,81)/b43-20-. The van der Waals surface area contributed by atoms with Gasteiger partial charge in [-0.3, -0.25) is 9.59 Å². The number of carbonyl (C=O) groups excluding carboxylic acids is 2. The maximum atomic E-state index is 12.6. The zero-order valence-electron chi connectivity index (χ0n) is 56.7. The molecule has 0 radical (unpaired) electrons. The van der Waals surface area contributed by atoms with Crippen LogP contribution in [0.1, 0.15) is 444 Å². The van der Waals surface area contributed by atoms with Gasteiger partial charge in [0, 0.05) is 12.8 Å². The predicted octanol–water partition coefficient (Wildman–Crippen LogP) is 25.1. The van der Waals surface area contributed by atoms with Gasteiger partial charge in [0.05, 0.1) is 25.4 Å². The Morgan fingerprint density at radius 2 is 0.566 bits per heavy atom. The fraction of sp³-hybridized carbons (Fsp3) is 0.948. The molecule has 0 bridgehead atoms. The van der Waals surface area contributed by atoms with Crippen molar-refractivity contribution in [1.29, 1.82) is 0 Å². The SMILES string of the molecule is CCCCCCCCC/C=C\CCCCCCCC(=O)OCCCCCCCCCCCCCCCCCCCCCCCCCCCCCCC(=O)NC(CO)C(O)CCCCCCCCCCCCCCCCCCCCCCCC. The molecule has 0 aromatic rings. The van der Waals surface area contributed by atoms with Crippen molar-refractivity contribution in [3.8, 4) is 0 Å². The number of esters is 1. The number of rotatable bonds is 73. The largest absolute Gasteiger partial charge is 0.466 e. The summed E-state index contributed by atoms with van der Waals surface area (Å²) >= 11 is 0. The second-order valence-electron chi connectivity index (χ2n) is 26.7. The van der Waals surface area contributed by atoms with E-state index in [1.807, 2.05) is 0 Å². The molecule has 0 aliphatic heterocycles. The molecule has 0 saturated carbocycles. The highest BCUT2D eigenvalue weighted by atomic mass is 16.5. The molecule has 2 atom stereocenters. The first-order valence-corrected chi connectivity index (χ1v) is 38.4. The quantitative estimate of drug-likeness (QED) is 0.0320. The van der Waals surface area contributed by atoms with Crippen molar-refractivity contribution in [3.63, 3.8) is 0 Å². The predicted molar refractivity (Wildman–Crippen MR) is 366 cm³/mol. The summed E-state index contributed by atoms with van der Waals surface area (Å²) in [5.74, 6) is -0.0135. The second-order valence-corrected chi connectivity index (χ2v) is 26.7. The Bertz CT molecular complexity index is 1260. The number of ether oxygens (including phenoxy) is 1. The number of aliphatic hydroxyl groups is 2. The van der Waals surface area contributed by atoms with E-state index in [0.717, 1.165) is 44.9 Å². The van der Waals surface area contributed by atoms with Gasteiger partial charge < -0.3 is 20.3 Å². The van der Waals surface area contributed by atoms with Crippen LogP contribution in [0, 0.1) is 0 Å². The van der Waals surface area contributed by atoms with E-state index >= 15 is 0 Å². The molecular weight excluding hydrogens is 1020 g/mol. The Labute approximate surface area is 520 Å². The first-order valence-electron chi connectivity index (χ1n) is 38.4. The third-order valence-corrected chi connectivity index (χ3v) is 18.3. The van der Waals surface area contributed by atoms with Gasteiger partial charge in [0.1, 0.15) is 0 Å². The minimum atomic E-state index is -0.663. The lowest BCUT2D eigenvalue weighted by Crippen LogP contribution is -2.45. The van der Waals surface area contributed by atoms with E-state index in [2.05, 4.69) is 31.3 Å². The van der Waals surface area contributed by atoms with Crippen LogP contribution in [-0.4, -0.2) is 47.4 Å². The Hall–Kier alpha value is -1.40. The summed E-state index contributed by atoms with van der Waals surface area (Å²) in [6, 6.07) is -0.540. The number of allylic oxidation sites excluding steroid dienone is 2. The van der Waals surface area contributed by atoms with Gasteiger partial charge in [-0.05, 0) is 51.4 Å². The summed E-state index contributed by atoms with van der Waals surface area (Å²) in [6.45, 7) is 5.00. The van der Waals surface area contributed by atoms with E-state index in [-0.39, 0.29) is 18.5 Å². The first-order chi connectivity index (χ1) is 41.0. The van der Waals surface area contributed by atoms with Gasteiger partial charge in [0.15, 0.2) is 0 Å². The zero-order valence-corrected chi connectivity index (χ0v) is 56.7. The van der Waals surface area contributed by atoms with Crippen molar-refractivity contribution in [2.45, 2.75) is 456 Å². The third kappa shape index (κ3) is 69.6. The second kappa shape index (κ2) is 73.1. The summed E-state index contributed by atoms with van der Waals surface area (Å²) in [5, 5.41) is 23.5. The highest BCUT2D eigenvalue weighted by Crippen LogP contribution is 2.20. The summed E-state index contributed by atoms with van der Waals surface area (Å²) in [6.07, 6.45) is 91.4. The van der Waals surface area contributed by atoms with Crippen molar-refractivity contribution in [2.24, 2.45) is 0 Å². The van der Waals surface area contributed by atoms with Crippen LogP contribution >= 0.6 is 0 Å². The molecule has 1 amide bonds. The van der Waals surface area contributed by atoms with Crippen LogP contribution in [0.3, 0.4) is 0 Å². The topological polar surface area (TPSA) is 95.9 Å². The molecule has 2 unspecified atom stereocenters. The Kier molecular flexibility index (Phi) is 71.8. The Morgan fingerprint density at radius 3 is 0.855 bits per heavy atom. The fourth-order valence-corrected chi connectivity index (χ4v) is 12.5. The number of hydrogen-bond acceptors (Lipinski definition) is 5. The number of aliphatic hydroxyl groups excluding tert-OH is 2. The van der Waals surface area contributed by atoms with Crippen LogP contribution in [0.4, 0.5) is 0 Å². The maximum absolute atomic E-state index is 12.6. The molecule has 6 nitrogen and oxygen atoms in total. The van der Waals surface area contributed by atoms with Crippen LogP contribution < -0.4 is 5.32 Å². The lowest BCUT2D eigenvalue weighted by molar-refractivity contribution is -0.143. The van der Waals surface area contributed by atoms with Gasteiger partial charge in [-0.25, -0.2) is 0 Å². The van der Waals surface area contributed by atoms with Crippen molar-refractivity contribution < 1.29 is 24.5 Å². The van der Waals surface area contributed by atoms with Gasteiger partial charge in [-0.1, -0.05) is 392 Å². The molecule has 0 rings (SSSR count). The van der Waals surface area contributed by atoms with E-state index in [1.165, 1.54) is 366 Å². The summed E-state index contributed by atoms with van der Waals surface area (Å²) in [7, 11) is 0. The zero-order chi connectivity index (χ0) is 59.9. The summed E-state index contributed by atoms with van der Waals surface area (Å²) in [5.41, 5.74) is 0. The van der Waals surface area contributed by atoms with Crippen molar-refractivity contribution in [2.75, 3.05) is 13.2 Å². The molecule has 0 fully saturated rings. The Morgan fingerprint density at radius 1 is 0.325 bits per heavy atom. The normalized spacial score (nSPS) is 12.5. The molecule has 0 aromatic heterocycles. The monoisotopic (exact) mass is 1170 g/mol. The van der Waals surface area contributed by atoms with Crippen LogP contribution in [0.15, 0.2) is 12.2 Å². The van der Waals surface area contributed by atoms with Crippen molar-refractivity contribution in [1.82, 2.24) is 5.32 Å². The number of amides is 1. The smallest absolute Gasteiger partial charge is 0.305 e. The summed E-state index contributed by atoms with van der Waals surface area (Å²) in [4.78, 5) is 24.7. The van der Waals surface area contributed by atoms with Crippen molar-refractivity contribution >= 4 is 11.9 Å². The van der Waals surface area contributed by atoms with Gasteiger partial charge in [-0.15, -0.1) is 0 Å². The molecular formula is C77H151NO5. The van der Waals surface area contributed by atoms with E-state index < -0.39 is 12.1 Å². The highest BCUT2D eigenvalue weighted by molar-refractivity contribution is 5.76. The molecule has 0 aromatic carbocycles. The molecule has 0 spiro atoms. The molecule has 83 heavy (non-hydrogen) atoms. The van der Waals surface area contributed by atoms with Crippen LogP contribution in [-0.2, 0) is 14.3 Å². The first kappa shape index (κ1) is 81.6. The van der Waals surface area contributed by atoms with Gasteiger partial charge in [-0.2, -0.15) is 0 Å². The molecule has 494 valence electrons. The Balaban J connectivity index is 3.34. The van der Waals surface area contributed by atoms with Gasteiger partial charge >= 0.3 is 5.97 Å². The molecule has 3 N–H and O–H groups in total. The van der Waals surface area contributed by atoms with E-state index in [1.54, 1.807) is 0 Å². The lowest BCUT2D eigenvalue weighted by atomic mass is 10.0. The molecule has 0 aliphatic carbocycles. The average Bonchev–Trinajstić information content (AvgIpc) is 3.49. The van der Waals surface area contributed by atoms with Gasteiger partial charge in [0.25, 0.3) is 0 Å². The van der Waals surface area contributed by atoms with E-state index in [4.69, 9.17) is 4.74 Å². The third-order valence-electron chi connectivity index (χ3n) is 18.3. The van der Waals surface area contributed by atoms with Crippen LogP contribution in [0.5, 0.6) is 0 Å². The fourth-order valence-electron chi connectivity index (χ4n) is 12.5. The molecule has 6 heteroatoms. The average molecular weight is 1170 g/mol. The molecule has 0 saturated heterocycles. The number of carbonyl (C=O) groups is 2. The van der Waals surface area contributed by atoms with Crippen molar-refractivity contribution in [3.05, 3.63) is 12.2 Å². The number of nitrogens with one attached hydrogen (secondary N) is 1. The number of hydrogen-bond donors (Lipinski definition) is 3. The highest BCUT2D eigenvalue weighted by Gasteiger charge is 2.20. The minimum Gasteiger partial charge on any atom is -0.466 e. The van der Waals surface area contributed by atoms with Crippen LogP contribution in [0.25, 0.3) is 0 Å². The molecule has 0 aliphatic rings. The van der Waals surface area contributed by atoms with Gasteiger partial charge in [0.2, 0.25) is 5.91 Å². The van der Waals surface area contributed by atoms with E-state index in [0.29, 0.717) is 25.9 Å². The van der Waals surface area contributed by atoms with E-state index in [9.17, 15) is 19.8 Å². The minimum absolute atomic E-state index is 0.0127. The summed E-state index contributed by atoms with van der Waals surface area (Å²) < 4.78 is 5.50. The van der Waals surface area contributed by atoms with Crippen LogP contribution in [0.2, 0.25) is 0 Å². The number of unbranched alkanes of at least 4 members (excludes halogenated alkanes) is 60.